The molecule has 5 aliphatic rings. The van der Waals surface area contributed by atoms with Crippen molar-refractivity contribution in [3.8, 4) is 0 Å². The lowest BCUT2D eigenvalue weighted by Crippen LogP contribution is -2.30. The van der Waals surface area contributed by atoms with Gasteiger partial charge in [0, 0.05) is 76.1 Å². The van der Waals surface area contributed by atoms with Gasteiger partial charge in [-0.15, -0.1) is 5.06 Å². The van der Waals surface area contributed by atoms with Gasteiger partial charge in [-0.05, 0) is 67.5 Å². The third kappa shape index (κ3) is 5.17. The van der Waals surface area contributed by atoms with E-state index in [-0.39, 0.29) is 42.2 Å². The van der Waals surface area contributed by atoms with Crippen molar-refractivity contribution in [1.82, 2.24) is 25.7 Å². The summed E-state index contributed by atoms with van der Waals surface area (Å²) in [5.74, 6) is -0.989. The van der Waals surface area contributed by atoms with Crippen molar-refractivity contribution in [2.75, 3.05) is 5.75 Å². The van der Waals surface area contributed by atoms with E-state index in [1.807, 2.05) is 32.5 Å². The highest BCUT2D eigenvalue weighted by atomic mass is 32.2. The minimum Gasteiger partial charge on any atom is -0.481 e. The van der Waals surface area contributed by atoms with Crippen LogP contribution in [0.3, 0.4) is 0 Å². The van der Waals surface area contributed by atoms with E-state index in [0.29, 0.717) is 36.5 Å². The quantitative estimate of drug-likeness (QED) is 0.195. The number of amides is 2. The number of aliphatic carboxylic acids is 1. The van der Waals surface area contributed by atoms with Crippen LogP contribution in [0.25, 0.3) is 6.08 Å². The van der Waals surface area contributed by atoms with E-state index in [0.717, 1.165) is 62.1 Å². The Hall–Kier alpha value is -3.58. The van der Waals surface area contributed by atoms with Gasteiger partial charge in [-0.3, -0.25) is 14.4 Å². The van der Waals surface area contributed by atoms with E-state index >= 15 is 0 Å². The summed E-state index contributed by atoms with van der Waals surface area (Å²) in [6, 6.07) is -0.303. The molecule has 0 radical (unpaired) electrons. The first-order chi connectivity index (χ1) is 21.4. The molecule has 0 aliphatic carbocycles. The van der Waals surface area contributed by atoms with Crippen molar-refractivity contribution in [2.45, 2.75) is 83.0 Å². The van der Waals surface area contributed by atoms with E-state index in [1.54, 1.807) is 11.1 Å². The van der Waals surface area contributed by atoms with Crippen LogP contribution in [0.4, 0.5) is 0 Å². The molecule has 45 heavy (non-hydrogen) atoms. The molecular formula is C33H39N5O6S. The molecule has 2 amide bonds. The van der Waals surface area contributed by atoms with Crippen molar-refractivity contribution >= 4 is 35.6 Å². The van der Waals surface area contributed by atoms with Gasteiger partial charge in [0.25, 0.3) is 11.8 Å². The fraction of sp³-hybridized carbons (Fsp3) is 0.485. The number of carboxylic acids is 1. The van der Waals surface area contributed by atoms with Gasteiger partial charge in [-0.25, -0.2) is 4.84 Å². The Labute approximate surface area is 265 Å². The smallest absolute Gasteiger partial charge is 0.303 e. The van der Waals surface area contributed by atoms with Crippen molar-refractivity contribution in [3.63, 3.8) is 0 Å². The van der Waals surface area contributed by atoms with Gasteiger partial charge in [-0.2, -0.15) is 11.8 Å². The lowest BCUT2D eigenvalue weighted by Gasteiger charge is -2.12. The summed E-state index contributed by atoms with van der Waals surface area (Å²) < 4.78 is 0. The number of rotatable bonds is 12. The number of nitrogens with one attached hydrogen (secondary N) is 4. The molecule has 7 heterocycles. The maximum absolute atomic E-state index is 12.6. The standard InChI is InChI=1S/C33H39N5O6S/c1-6-18-14(2)23(36-32(18)42)10-21-15(3)19(7-8-29(39)40)24(34-21)12-25-20(9-28-33(43)38(28)44-33)16(4)22(35-25)11-26-30(27-13-45-27)17(5)31(41)37-26/h6,11,17,23,27-28,30,34-35,43H,1,7-10,12-13H2,2-5H3,(H,36,42)(H,37,41)(H,39,40)/b26-11-/t17-,23-,27-,28+,30-,33+,38?/m1/s1. The first-order valence-corrected chi connectivity index (χ1v) is 16.6. The van der Waals surface area contributed by atoms with Crippen LogP contribution in [0, 0.1) is 25.7 Å². The summed E-state index contributed by atoms with van der Waals surface area (Å²) in [5.41, 5.74) is 10.3. The van der Waals surface area contributed by atoms with Gasteiger partial charge in [0.2, 0.25) is 5.91 Å². The summed E-state index contributed by atoms with van der Waals surface area (Å²) in [6.07, 6.45) is 5.66. The second-order valence-electron chi connectivity index (χ2n) is 13.0. The molecule has 2 aromatic rings. The normalized spacial score (nSPS) is 32.2. The van der Waals surface area contributed by atoms with Crippen LogP contribution in [0.15, 0.2) is 29.5 Å². The van der Waals surface area contributed by atoms with Gasteiger partial charge in [0.1, 0.15) is 6.04 Å². The molecule has 4 fully saturated rings. The minimum absolute atomic E-state index is 0.00134. The van der Waals surface area contributed by atoms with E-state index in [1.165, 1.54) is 0 Å². The zero-order valence-electron chi connectivity index (χ0n) is 25.9. The molecule has 12 heteroatoms. The molecule has 0 bridgehead atoms. The van der Waals surface area contributed by atoms with E-state index in [2.05, 4.69) is 40.2 Å². The molecule has 4 saturated heterocycles. The highest BCUT2D eigenvalue weighted by Gasteiger charge is 2.82. The van der Waals surface area contributed by atoms with Crippen LogP contribution in [0.2, 0.25) is 0 Å². The number of carbonyl (C=O) groups excluding carboxylic acids is 2. The molecule has 11 nitrogen and oxygen atoms in total. The number of hydrogen-bond donors (Lipinski definition) is 6. The molecule has 0 saturated carbocycles. The van der Waals surface area contributed by atoms with Crippen LogP contribution in [0.5, 0.6) is 0 Å². The van der Waals surface area contributed by atoms with Crippen molar-refractivity contribution < 1.29 is 29.4 Å². The highest BCUT2D eigenvalue weighted by Crippen LogP contribution is 2.57. The lowest BCUT2D eigenvalue weighted by atomic mass is 9.91. The predicted octanol–water partition coefficient (Wildman–Crippen LogP) is 2.77. The zero-order chi connectivity index (χ0) is 31.9. The monoisotopic (exact) mass is 633 g/mol. The van der Waals surface area contributed by atoms with Gasteiger partial charge in [0.15, 0.2) is 0 Å². The number of aliphatic hydroxyl groups is 1. The number of fused-ring (bicyclic) bond motifs is 1. The Morgan fingerprint density at radius 2 is 1.84 bits per heavy atom. The number of hydrogen-bond acceptors (Lipinski definition) is 7. The van der Waals surface area contributed by atoms with Crippen LogP contribution in [0.1, 0.15) is 65.3 Å². The fourth-order valence-corrected chi connectivity index (χ4v) is 8.18. The van der Waals surface area contributed by atoms with Crippen molar-refractivity contribution in [3.05, 3.63) is 74.5 Å². The minimum atomic E-state index is -1.17. The SMILES string of the molecule is C=CC1=C(C)[C@@H](Cc2[nH]c(Cc3[nH]c(/C=C4\NC(=O)[C@H](C)[C@H]4[C@H]4CS4)c(C)c3C[C@@H]3N4O[C@@]34O)c(CCC(=O)O)c2C)NC1=O. The molecule has 7 atom stereocenters. The van der Waals surface area contributed by atoms with Crippen LogP contribution in [-0.4, -0.2) is 72.0 Å². The van der Waals surface area contributed by atoms with Crippen LogP contribution >= 0.6 is 11.8 Å². The maximum Gasteiger partial charge on any atom is 0.303 e. The van der Waals surface area contributed by atoms with Gasteiger partial charge in [0.05, 0.1) is 6.04 Å². The molecule has 6 N–H and O–H groups in total. The highest BCUT2D eigenvalue weighted by molar-refractivity contribution is 8.06. The molecule has 1 unspecified atom stereocenters. The summed E-state index contributed by atoms with van der Waals surface area (Å²) in [4.78, 5) is 49.1. The van der Waals surface area contributed by atoms with E-state index in [9.17, 15) is 24.6 Å². The average Bonchev–Trinajstić information content (AvgIpc) is 3.91. The first kappa shape index (κ1) is 30.1. The Kier molecular flexibility index (Phi) is 7.19. The van der Waals surface area contributed by atoms with Gasteiger partial charge >= 0.3 is 5.97 Å². The third-order valence-electron chi connectivity index (χ3n) is 10.3. The van der Waals surface area contributed by atoms with Crippen LogP contribution < -0.4 is 10.6 Å². The Balaban J connectivity index is 1.24. The summed E-state index contributed by atoms with van der Waals surface area (Å²) in [5, 5.41) is 28.2. The number of nitrogens with zero attached hydrogens (tertiary/aromatic N) is 1. The average molecular weight is 634 g/mol. The Bertz CT molecular complexity index is 1720. The number of hydroxylamine groups is 2. The van der Waals surface area contributed by atoms with Gasteiger partial charge < -0.3 is 30.8 Å². The number of thioether (sulfide) groups is 1. The van der Waals surface area contributed by atoms with E-state index in [4.69, 9.17) is 4.84 Å². The van der Waals surface area contributed by atoms with Crippen LogP contribution in [-0.2, 0) is 44.9 Å². The van der Waals surface area contributed by atoms with E-state index < -0.39 is 11.9 Å². The third-order valence-corrected chi connectivity index (χ3v) is 11.3. The Morgan fingerprint density at radius 1 is 1.13 bits per heavy atom. The lowest BCUT2D eigenvalue weighted by molar-refractivity contribution is -0.137. The topological polar surface area (TPSA) is 163 Å². The second kappa shape index (κ2) is 10.8. The molecule has 7 rings (SSSR count). The number of H-pyrrole nitrogens is 2. The maximum atomic E-state index is 12.6. The van der Waals surface area contributed by atoms with Gasteiger partial charge in [-0.1, -0.05) is 19.6 Å². The Morgan fingerprint density at radius 3 is 2.44 bits per heavy atom. The summed E-state index contributed by atoms with van der Waals surface area (Å²) in [7, 11) is 0. The second-order valence-corrected chi connectivity index (χ2v) is 14.3. The van der Waals surface area contributed by atoms with Crippen molar-refractivity contribution in [1.29, 1.82) is 0 Å². The molecular weight excluding hydrogens is 594 g/mol. The summed E-state index contributed by atoms with van der Waals surface area (Å²) >= 11 is 1.88. The predicted molar refractivity (Wildman–Crippen MR) is 169 cm³/mol. The molecule has 0 spiro atoms. The fourth-order valence-electron chi connectivity index (χ4n) is 7.27. The summed E-state index contributed by atoms with van der Waals surface area (Å²) in [6.45, 7) is 11.8. The molecule has 0 aromatic carbocycles. The first-order valence-electron chi connectivity index (χ1n) is 15.5. The number of aromatic amines is 2. The number of aromatic nitrogens is 2. The molecule has 2 aromatic heterocycles. The zero-order valence-corrected chi connectivity index (χ0v) is 26.7. The molecule has 238 valence electrons. The number of carbonyl (C=O) groups is 3. The van der Waals surface area contributed by atoms with Crippen molar-refractivity contribution in [2.24, 2.45) is 11.8 Å². The molecule has 5 aliphatic heterocycles. The number of carboxylic acid groups (broad SMARTS) is 1. The number of allylic oxidation sites excluding steroid dienone is 1. The largest absolute Gasteiger partial charge is 0.481 e.